The maximum atomic E-state index is 12.0. The molecule has 2 aromatic rings. The van der Waals surface area contributed by atoms with E-state index < -0.39 is 18.1 Å². The summed E-state index contributed by atoms with van der Waals surface area (Å²) < 4.78 is 5.61. The molecule has 0 aromatic heterocycles. The van der Waals surface area contributed by atoms with Gasteiger partial charge in [0.2, 0.25) is 0 Å². The van der Waals surface area contributed by atoms with Gasteiger partial charge in [-0.15, -0.1) is 0 Å². The van der Waals surface area contributed by atoms with Crippen molar-refractivity contribution >= 4 is 11.9 Å². The summed E-state index contributed by atoms with van der Waals surface area (Å²) in [4.78, 5) is 22.6. The summed E-state index contributed by atoms with van der Waals surface area (Å²) in [5.74, 6) is -0.702. The predicted octanol–water partition coefficient (Wildman–Crippen LogP) is 3.10. The van der Waals surface area contributed by atoms with Crippen molar-refractivity contribution in [1.82, 2.24) is 5.32 Å². The number of aliphatic carboxylic acids is 1. The monoisotopic (exact) mass is 327 g/mol. The minimum absolute atomic E-state index is 0.121. The number of ether oxygens (including phenoxy) is 1. The van der Waals surface area contributed by atoms with Crippen LogP contribution >= 0.6 is 0 Å². The fraction of sp³-hybridized carbons (Fsp3) is 0.263. The number of hydrogen-bond acceptors (Lipinski definition) is 3. The largest absolute Gasteiger partial charge is 0.481 e. The first-order chi connectivity index (χ1) is 11.5. The van der Waals surface area contributed by atoms with E-state index in [0.29, 0.717) is 5.75 Å². The molecule has 0 aliphatic heterocycles. The van der Waals surface area contributed by atoms with E-state index in [1.165, 1.54) is 0 Å². The van der Waals surface area contributed by atoms with Gasteiger partial charge < -0.3 is 15.2 Å². The highest BCUT2D eigenvalue weighted by molar-refractivity contribution is 5.81. The molecular formula is C19H21NO4. The van der Waals surface area contributed by atoms with E-state index >= 15 is 0 Å². The van der Waals surface area contributed by atoms with Crippen LogP contribution in [0.3, 0.4) is 0 Å². The topological polar surface area (TPSA) is 75.6 Å². The Hall–Kier alpha value is -2.82. The molecule has 24 heavy (non-hydrogen) atoms. The first-order valence-electron chi connectivity index (χ1n) is 7.80. The number of amides is 1. The zero-order valence-electron chi connectivity index (χ0n) is 13.7. The molecule has 0 spiro atoms. The van der Waals surface area contributed by atoms with E-state index in [2.05, 4.69) is 5.32 Å². The van der Waals surface area contributed by atoms with E-state index in [9.17, 15) is 9.59 Å². The molecule has 2 rings (SSSR count). The van der Waals surface area contributed by atoms with E-state index in [4.69, 9.17) is 9.84 Å². The predicted molar refractivity (Wildman–Crippen MR) is 91.8 cm³/mol. The van der Waals surface area contributed by atoms with Crippen LogP contribution in [0.25, 0.3) is 11.1 Å². The summed E-state index contributed by atoms with van der Waals surface area (Å²) in [7, 11) is 0. The molecular weight excluding hydrogens is 306 g/mol. The molecule has 0 saturated heterocycles. The van der Waals surface area contributed by atoms with Crippen LogP contribution in [0.2, 0.25) is 0 Å². The molecule has 126 valence electrons. The van der Waals surface area contributed by atoms with Gasteiger partial charge in [0.05, 0.1) is 6.42 Å². The third-order valence-corrected chi connectivity index (χ3v) is 3.51. The molecule has 0 bridgehead atoms. The Morgan fingerprint density at radius 2 is 1.58 bits per heavy atom. The Balaban J connectivity index is 1.93. The van der Waals surface area contributed by atoms with Gasteiger partial charge in [-0.2, -0.15) is 0 Å². The fourth-order valence-corrected chi connectivity index (χ4v) is 2.29. The van der Waals surface area contributed by atoms with Crippen molar-refractivity contribution in [3.63, 3.8) is 0 Å². The van der Waals surface area contributed by atoms with Gasteiger partial charge in [0.15, 0.2) is 6.10 Å². The number of carboxylic acids is 1. The Morgan fingerprint density at radius 1 is 1.00 bits per heavy atom. The van der Waals surface area contributed by atoms with E-state index in [1.807, 2.05) is 54.6 Å². The van der Waals surface area contributed by atoms with E-state index in [1.54, 1.807) is 13.8 Å². The summed E-state index contributed by atoms with van der Waals surface area (Å²) in [6.45, 7) is 3.28. The lowest BCUT2D eigenvalue weighted by Crippen LogP contribution is -2.42. The summed E-state index contributed by atoms with van der Waals surface area (Å²) in [5.41, 5.74) is 2.17. The molecule has 2 unspecified atom stereocenters. The maximum Gasteiger partial charge on any atom is 0.305 e. The Morgan fingerprint density at radius 3 is 2.17 bits per heavy atom. The molecule has 0 fully saturated rings. The molecule has 2 atom stereocenters. The highest BCUT2D eigenvalue weighted by atomic mass is 16.5. The molecule has 2 N–H and O–H groups in total. The second kappa shape index (κ2) is 8.15. The van der Waals surface area contributed by atoms with E-state index in [-0.39, 0.29) is 12.3 Å². The van der Waals surface area contributed by atoms with Gasteiger partial charge in [0, 0.05) is 6.04 Å². The number of carbonyl (C=O) groups is 2. The third kappa shape index (κ3) is 5.12. The number of carboxylic acid groups (broad SMARTS) is 1. The van der Waals surface area contributed by atoms with Crippen molar-refractivity contribution in [2.45, 2.75) is 32.4 Å². The zero-order chi connectivity index (χ0) is 17.5. The second-order valence-corrected chi connectivity index (χ2v) is 5.66. The molecule has 0 aliphatic carbocycles. The standard InChI is InChI=1S/C19H21NO4/c1-13(12-18(21)22)20-19(23)14(2)24-17-10-8-16(9-11-17)15-6-4-3-5-7-15/h3-11,13-14H,12H2,1-2H3,(H,20,23)(H,21,22). The lowest BCUT2D eigenvalue weighted by molar-refractivity contribution is -0.137. The normalized spacial score (nSPS) is 12.9. The summed E-state index contributed by atoms with van der Waals surface area (Å²) in [5, 5.41) is 11.3. The minimum atomic E-state index is -0.951. The minimum Gasteiger partial charge on any atom is -0.481 e. The van der Waals surface area contributed by atoms with Crippen LogP contribution in [0.5, 0.6) is 5.75 Å². The van der Waals surface area contributed by atoms with Crippen molar-refractivity contribution in [1.29, 1.82) is 0 Å². The van der Waals surface area contributed by atoms with Crippen molar-refractivity contribution < 1.29 is 19.4 Å². The maximum absolute atomic E-state index is 12.0. The molecule has 0 heterocycles. The van der Waals surface area contributed by atoms with Crippen LogP contribution in [0.15, 0.2) is 54.6 Å². The molecule has 5 heteroatoms. The van der Waals surface area contributed by atoms with Gasteiger partial charge >= 0.3 is 5.97 Å². The van der Waals surface area contributed by atoms with Crippen LogP contribution in [0.1, 0.15) is 20.3 Å². The highest BCUT2D eigenvalue weighted by Gasteiger charge is 2.18. The van der Waals surface area contributed by atoms with Gasteiger partial charge in [-0.3, -0.25) is 9.59 Å². The van der Waals surface area contributed by atoms with E-state index in [0.717, 1.165) is 11.1 Å². The highest BCUT2D eigenvalue weighted by Crippen LogP contribution is 2.22. The second-order valence-electron chi connectivity index (χ2n) is 5.66. The summed E-state index contributed by atoms with van der Waals surface area (Å²) in [6, 6.07) is 17.0. The first-order valence-corrected chi connectivity index (χ1v) is 7.80. The van der Waals surface area contributed by atoms with Gasteiger partial charge in [0.25, 0.3) is 5.91 Å². The van der Waals surface area contributed by atoms with Crippen LogP contribution in [-0.2, 0) is 9.59 Å². The first kappa shape index (κ1) is 17.5. The lowest BCUT2D eigenvalue weighted by atomic mass is 10.1. The average molecular weight is 327 g/mol. The molecule has 5 nitrogen and oxygen atoms in total. The molecule has 0 saturated carbocycles. The van der Waals surface area contributed by atoms with Gasteiger partial charge in [0.1, 0.15) is 5.75 Å². The van der Waals surface area contributed by atoms with Gasteiger partial charge in [-0.25, -0.2) is 0 Å². The van der Waals surface area contributed by atoms with Crippen LogP contribution < -0.4 is 10.1 Å². The van der Waals surface area contributed by atoms with Crippen molar-refractivity contribution in [3.05, 3.63) is 54.6 Å². The van der Waals surface area contributed by atoms with Crippen molar-refractivity contribution in [2.75, 3.05) is 0 Å². The molecule has 1 amide bonds. The zero-order valence-corrected chi connectivity index (χ0v) is 13.7. The number of nitrogens with one attached hydrogen (secondary N) is 1. The number of benzene rings is 2. The fourth-order valence-electron chi connectivity index (χ4n) is 2.29. The SMILES string of the molecule is CC(CC(=O)O)NC(=O)C(C)Oc1ccc(-c2ccccc2)cc1. The molecule has 0 radical (unpaired) electrons. The Bertz CT molecular complexity index is 682. The van der Waals surface area contributed by atoms with Crippen molar-refractivity contribution in [2.24, 2.45) is 0 Å². The lowest BCUT2D eigenvalue weighted by Gasteiger charge is -2.18. The molecule has 2 aromatic carbocycles. The molecule has 0 aliphatic rings. The Kier molecular flexibility index (Phi) is 5.95. The van der Waals surface area contributed by atoms with Crippen LogP contribution in [-0.4, -0.2) is 29.1 Å². The summed E-state index contributed by atoms with van der Waals surface area (Å²) >= 11 is 0. The Labute approximate surface area is 141 Å². The average Bonchev–Trinajstić information content (AvgIpc) is 2.55. The quantitative estimate of drug-likeness (QED) is 0.819. The smallest absolute Gasteiger partial charge is 0.305 e. The van der Waals surface area contributed by atoms with Gasteiger partial charge in [-0.05, 0) is 37.1 Å². The number of carbonyl (C=O) groups excluding carboxylic acids is 1. The third-order valence-electron chi connectivity index (χ3n) is 3.51. The van der Waals surface area contributed by atoms with Crippen LogP contribution in [0.4, 0.5) is 0 Å². The summed E-state index contributed by atoms with van der Waals surface area (Å²) in [6.07, 6.45) is -0.826. The van der Waals surface area contributed by atoms with Crippen molar-refractivity contribution in [3.8, 4) is 16.9 Å². The van der Waals surface area contributed by atoms with Gasteiger partial charge in [-0.1, -0.05) is 42.5 Å². The number of hydrogen-bond donors (Lipinski definition) is 2. The number of rotatable bonds is 7. The van der Waals surface area contributed by atoms with Crippen LogP contribution in [0, 0.1) is 0 Å².